The van der Waals surface area contributed by atoms with Gasteiger partial charge < -0.3 is 15.7 Å². The molecule has 1 heterocycles. The Labute approximate surface area is 121 Å². The fourth-order valence-corrected chi connectivity index (χ4v) is 2.01. The standard InChI is InChI=1S/C14H17N3O4/c1-8-6-10(8)13(19)16-5-3-12(18)17-11-7-15-4-2-9(11)14(20)21/h2,4,7-8,10H,3,5-6H2,1H3,(H,16,19)(H,17,18)(H,20,21). The van der Waals surface area contributed by atoms with Gasteiger partial charge in [-0.25, -0.2) is 4.79 Å². The molecule has 0 saturated heterocycles. The SMILES string of the molecule is CC1CC1C(=O)NCCC(=O)Nc1cnccc1C(=O)O. The summed E-state index contributed by atoms with van der Waals surface area (Å²) in [6.45, 7) is 2.24. The summed E-state index contributed by atoms with van der Waals surface area (Å²) < 4.78 is 0. The summed E-state index contributed by atoms with van der Waals surface area (Å²) in [7, 11) is 0. The second-order valence-electron chi connectivity index (χ2n) is 5.14. The quantitative estimate of drug-likeness (QED) is 0.721. The lowest BCUT2D eigenvalue weighted by Gasteiger charge is -2.08. The number of carboxylic acid groups (broad SMARTS) is 1. The molecule has 0 aliphatic heterocycles. The van der Waals surface area contributed by atoms with Crippen molar-refractivity contribution < 1.29 is 19.5 Å². The third-order valence-corrected chi connectivity index (χ3v) is 3.42. The number of nitrogens with zero attached hydrogens (tertiary/aromatic N) is 1. The molecule has 3 N–H and O–H groups in total. The van der Waals surface area contributed by atoms with Crippen molar-refractivity contribution >= 4 is 23.5 Å². The van der Waals surface area contributed by atoms with Crippen LogP contribution in [0.1, 0.15) is 30.1 Å². The van der Waals surface area contributed by atoms with E-state index in [9.17, 15) is 14.4 Å². The molecule has 1 aliphatic carbocycles. The highest BCUT2D eigenvalue weighted by molar-refractivity contribution is 6.00. The molecule has 1 aromatic rings. The molecule has 2 rings (SSSR count). The van der Waals surface area contributed by atoms with Crippen LogP contribution < -0.4 is 10.6 Å². The van der Waals surface area contributed by atoms with Gasteiger partial charge in [0, 0.05) is 25.1 Å². The van der Waals surface area contributed by atoms with Crippen LogP contribution in [0, 0.1) is 11.8 Å². The minimum atomic E-state index is -1.14. The zero-order chi connectivity index (χ0) is 15.4. The molecule has 112 valence electrons. The minimum Gasteiger partial charge on any atom is -0.478 e. The topological polar surface area (TPSA) is 108 Å². The van der Waals surface area contributed by atoms with Gasteiger partial charge in [0.1, 0.15) is 0 Å². The number of carboxylic acids is 1. The van der Waals surface area contributed by atoms with Crippen molar-refractivity contribution in [3.05, 3.63) is 24.0 Å². The van der Waals surface area contributed by atoms with Crippen LogP contribution in [0.5, 0.6) is 0 Å². The lowest BCUT2D eigenvalue weighted by atomic mass is 10.2. The Morgan fingerprint density at radius 2 is 2.14 bits per heavy atom. The van der Waals surface area contributed by atoms with E-state index in [1.807, 2.05) is 6.92 Å². The third-order valence-electron chi connectivity index (χ3n) is 3.42. The van der Waals surface area contributed by atoms with Crippen LogP contribution in [0.25, 0.3) is 0 Å². The molecule has 2 amide bonds. The van der Waals surface area contributed by atoms with E-state index < -0.39 is 5.97 Å². The summed E-state index contributed by atoms with van der Waals surface area (Å²) >= 11 is 0. The normalized spacial score (nSPS) is 19.7. The van der Waals surface area contributed by atoms with Gasteiger partial charge in [-0.1, -0.05) is 6.92 Å². The Morgan fingerprint density at radius 3 is 2.76 bits per heavy atom. The zero-order valence-corrected chi connectivity index (χ0v) is 11.6. The van der Waals surface area contributed by atoms with E-state index in [1.54, 1.807) is 0 Å². The number of carbonyl (C=O) groups is 3. The number of rotatable bonds is 6. The first-order chi connectivity index (χ1) is 9.99. The van der Waals surface area contributed by atoms with Crippen molar-refractivity contribution in [2.45, 2.75) is 19.8 Å². The van der Waals surface area contributed by atoms with E-state index in [-0.39, 0.29) is 41.9 Å². The Balaban J connectivity index is 1.79. The second kappa shape index (κ2) is 6.34. The van der Waals surface area contributed by atoms with E-state index in [2.05, 4.69) is 15.6 Å². The first kappa shape index (κ1) is 15.0. The van der Waals surface area contributed by atoms with E-state index in [4.69, 9.17) is 5.11 Å². The smallest absolute Gasteiger partial charge is 0.337 e. The fourth-order valence-electron chi connectivity index (χ4n) is 2.01. The summed E-state index contributed by atoms with van der Waals surface area (Å²) in [6.07, 6.45) is 3.61. The molecule has 1 aliphatic rings. The Bertz CT molecular complexity index is 573. The number of carbonyl (C=O) groups excluding carboxylic acids is 2. The number of amides is 2. The lowest BCUT2D eigenvalue weighted by molar-refractivity contribution is -0.122. The molecule has 2 unspecified atom stereocenters. The van der Waals surface area contributed by atoms with Gasteiger partial charge in [-0.2, -0.15) is 0 Å². The molecule has 21 heavy (non-hydrogen) atoms. The Hall–Kier alpha value is -2.44. The van der Waals surface area contributed by atoms with Crippen LogP contribution in [-0.2, 0) is 9.59 Å². The van der Waals surface area contributed by atoms with Crippen LogP contribution in [-0.4, -0.2) is 34.4 Å². The molecular weight excluding hydrogens is 274 g/mol. The van der Waals surface area contributed by atoms with Gasteiger partial charge in [-0.3, -0.25) is 14.6 Å². The number of pyridine rings is 1. The molecule has 2 atom stereocenters. The monoisotopic (exact) mass is 291 g/mol. The van der Waals surface area contributed by atoms with Crippen LogP contribution in [0.3, 0.4) is 0 Å². The van der Waals surface area contributed by atoms with Crippen molar-refractivity contribution in [2.24, 2.45) is 11.8 Å². The van der Waals surface area contributed by atoms with E-state index >= 15 is 0 Å². The average Bonchev–Trinajstić information content (AvgIpc) is 3.16. The first-order valence-electron chi connectivity index (χ1n) is 6.74. The van der Waals surface area contributed by atoms with Gasteiger partial charge in [-0.05, 0) is 18.4 Å². The number of hydrogen-bond acceptors (Lipinski definition) is 4. The number of hydrogen-bond donors (Lipinski definition) is 3. The third kappa shape index (κ3) is 4.01. The van der Waals surface area contributed by atoms with Crippen LogP contribution in [0.2, 0.25) is 0 Å². The maximum Gasteiger partial charge on any atom is 0.337 e. The van der Waals surface area contributed by atoms with Gasteiger partial charge in [0.25, 0.3) is 0 Å². The van der Waals surface area contributed by atoms with Gasteiger partial charge in [0.05, 0.1) is 17.4 Å². The van der Waals surface area contributed by atoms with Crippen molar-refractivity contribution in [2.75, 3.05) is 11.9 Å². The molecule has 0 spiro atoms. The highest BCUT2D eigenvalue weighted by Gasteiger charge is 2.38. The molecule has 7 nitrogen and oxygen atoms in total. The van der Waals surface area contributed by atoms with Crippen molar-refractivity contribution in [1.82, 2.24) is 10.3 Å². The summed E-state index contributed by atoms with van der Waals surface area (Å²) in [5.41, 5.74) is 0.131. The molecule has 1 saturated carbocycles. The van der Waals surface area contributed by atoms with Crippen LogP contribution in [0.15, 0.2) is 18.5 Å². The van der Waals surface area contributed by atoms with Gasteiger partial charge in [-0.15, -0.1) is 0 Å². The predicted octanol–water partition coefficient (Wildman–Crippen LogP) is 0.881. The number of aromatic nitrogens is 1. The highest BCUT2D eigenvalue weighted by Crippen LogP contribution is 2.37. The molecule has 1 fully saturated rings. The molecule has 0 bridgehead atoms. The van der Waals surface area contributed by atoms with Crippen LogP contribution >= 0.6 is 0 Å². The largest absolute Gasteiger partial charge is 0.478 e. The zero-order valence-electron chi connectivity index (χ0n) is 11.6. The maximum absolute atomic E-state index is 11.7. The summed E-state index contributed by atoms with van der Waals surface area (Å²) in [4.78, 5) is 38.1. The maximum atomic E-state index is 11.7. The average molecular weight is 291 g/mol. The Morgan fingerprint density at radius 1 is 1.43 bits per heavy atom. The molecule has 0 radical (unpaired) electrons. The fraction of sp³-hybridized carbons (Fsp3) is 0.429. The number of aromatic carboxylic acids is 1. The highest BCUT2D eigenvalue weighted by atomic mass is 16.4. The second-order valence-corrected chi connectivity index (χ2v) is 5.14. The summed E-state index contributed by atoms with van der Waals surface area (Å²) in [5, 5.41) is 14.2. The van der Waals surface area contributed by atoms with E-state index in [0.717, 1.165) is 6.42 Å². The van der Waals surface area contributed by atoms with E-state index in [0.29, 0.717) is 5.92 Å². The molecule has 7 heteroatoms. The van der Waals surface area contributed by atoms with Gasteiger partial charge in [0.15, 0.2) is 0 Å². The summed E-state index contributed by atoms with van der Waals surface area (Å²) in [6, 6.07) is 1.31. The number of nitrogens with one attached hydrogen (secondary N) is 2. The van der Waals surface area contributed by atoms with Crippen molar-refractivity contribution in [3.8, 4) is 0 Å². The minimum absolute atomic E-state index is 0.0193. The van der Waals surface area contributed by atoms with E-state index in [1.165, 1.54) is 18.5 Å². The van der Waals surface area contributed by atoms with Gasteiger partial charge >= 0.3 is 5.97 Å². The van der Waals surface area contributed by atoms with Crippen molar-refractivity contribution in [1.29, 1.82) is 0 Å². The Kier molecular flexibility index (Phi) is 4.52. The predicted molar refractivity (Wildman–Crippen MR) is 74.7 cm³/mol. The number of anilines is 1. The lowest BCUT2D eigenvalue weighted by Crippen LogP contribution is -2.29. The molecule has 0 aromatic carbocycles. The van der Waals surface area contributed by atoms with Crippen molar-refractivity contribution in [3.63, 3.8) is 0 Å². The molecular formula is C14H17N3O4. The molecule has 1 aromatic heterocycles. The van der Waals surface area contributed by atoms with Crippen LogP contribution in [0.4, 0.5) is 5.69 Å². The first-order valence-corrected chi connectivity index (χ1v) is 6.74. The van der Waals surface area contributed by atoms with Gasteiger partial charge in [0.2, 0.25) is 11.8 Å². The summed E-state index contributed by atoms with van der Waals surface area (Å²) in [5.74, 6) is -1.03.